The van der Waals surface area contributed by atoms with E-state index in [-0.39, 0.29) is 20.1 Å². The van der Waals surface area contributed by atoms with Gasteiger partial charge in [0.15, 0.2) is 0 Å². The van der Waals surface area contributed by atoms with Crippen molar-refractivity contribution in [2.45, 2.75) is 83.1 Å². The van der Waals surface area contributed by atoms with Crippen molar-refractivity contribution >= 4 is 142 Å². The number of ether oxygens (including phenoxy) is 2. The third-order valence-electron chi connectivity index (χ3n) is 24.3. The van der Waals surface area contributed by atoms with E-state index in [1.54, 1.807) is 0 Å². The molecule has 6 nitrogen and oxygen atoms in total. The summed E-state index contributed by atoms with van der Waals surface area (Å²) in [4.78, 5) is 7.87. The predicted molar refractivity (Wildman–Crippen MR) is 445 cm³/mol. The molecule has 0 aliphatic carbocycles. The van der Waals surface area contributed by atoms with E-state index in [1.807, 2.05) is 0 Å². The molecule has 9 heteroatoms. The topological polar surface area (TPSA) is 33.1 Å². The lowest BCUT2D eigenvalue weighted by Crippen LogP contribution is -2.65. The fraction of sp³-hybridized carbons (Fsp3) is 0.125. The fourth-order valence-corrected chi connectivity index (χ4v) is 20.5. The Morgan fingerprint density at radius 3 is 1.22 bits per heavy atom. The molecule has 6 aliphatic rings. The summed E-state index contributed by atoms with van der Waals surface area (Å²) in [7, 11) is 0. The highest BCUT2D eigenvalue weighted by Gasteiger charge is 2.51. The zero-order chi connectivity index (χ0) is 71.0. The van der Waals surface area contributed by atoms with Gasteiger partial charge >= 0.3 is 0 Å². The van der Waals surface area contributed by atoms with Crippen LogP contribution in [0, 0.1) is 83.1 Å². The summed E-state index contributed by atoms with van der Waals surface area (Å²) in [5, 5.41) is 2.52. The largest absolute Gasteiger partial charge is 0.458 e. The molecule has 21 rings (SSSR count). The van der Waals surface area contributed by atoms with Gasteiger partial charge in [0.05, 0.1) is 16.9 Å². The van der Waals surface area contributed by atoms with E-state index in [1.165, 1.54) is 166 Å². The molecule has 0 bridgehead atoms. The average molecular weight is 1350 g/mol. The molecule has 105 heavy (non-hydrogen) atoms. The molecule has 15 aromatic rings. The second-order valence-electron chi connectivity index (χ2n) is 30.9. The van der Waals surface area contributed by atoms with Crippen LogP contribution in [0.4, 0.5) is 51.2 Å². The maximum Gasteiger partial charge on any atom is 0.256 e. The summed E-state index contributed by atoms with van der Waals surface area (Å²) in [6.07, 6.45) is 0. The summed E-state index contributed by atoms with van der Waals surface area (Å²) >= 11 is 0. The number of anilines is 9. The highest BCUT2D eigenvalue weighted by molar-refractivity contribution is 7.04. The number of benzene rings is 14. The molecule has 14 aromatic carbocycles. The SMILES string of the molecule is Cc1cc(C)c(N2c3cc4c(cc3B3c5ccccc5Oc5cc(-c6c(C)cccc6C)cc2c53)B2c3cc5c(cc3Oc3cc(-c6c(C)cccc6C)cc(c32)N4c2c(C)cc(C)cc2C)N(c2ccccc2)c2cc(-c3c(C)cccc3C)cc3c2B5c2cccc4c5ccccc5n-3c24)c(C)c1. The summed E-state index contributed by atoms with van der Waals surface area (Å²) in [5.41, 5.74) is 46.8. The molecular formula is C96H75B3N4O2. The van der Waals surface area contributed by atoms with E-state index in [9.17, 15) is 0 Å². The van der Waals surface area contributed by atoms with Gasteiger partial charge in [-0.2, -0.15) is 0 Å². The molecule has 0 radical (unpaired) electrons. The molecule has 0 spiro atoms. The van der Waals surface area contributed by atoms with Crippen molar-refractivity contribution in [2.24, 2.45) is 0 Å². The molecule has 0 saturated heterocycles. The van der Waals surface area contributed by atoms with Crippen LogP contribution in [-0.2, 0) is 0 Å². The lowest BCUT2D eigenvalue weighted by molar-refractivity contribution is 0.487. The van der Waals surface area contributed by atoms with E-state index in [0.717, 1.165) is 84.6 Å². The third-order valence-corrected chi connectivity index (χ3v) is 24.3. The van der Waals surface area contributed by atoms with Gasteiger partial charge in [-0.05, 0) is 288 Å². The van der Waals surface area contributed by atoms with Gasteiger partial charge in [-0.1, -0.05) is 175 Å². The molecular weight excluding hydrogens is 1270 g/mol. The van der Waals surface area contributed by atoms with E-state index < -0.39 is 0 Å². The molecule has 0 amide bonds. The lowest BCUT2D eigenvalue weighted by atomic mass is 9.29. The van der Waals surface area contributed by atoms with Gasteiger partial charge in [0.1, 0.15) is 23.0 Å². The summed E-state index contributed by atoms with van der Waals surface area (Å²) < 4.78 is 18.0. The van der Waals surface area contributed by atoms with Crippen molar-refractivity contribution < 1.29 is 9.47 Å². The second-order valence-corrected chi connectivity index (χ2v) is 30.9. The Morgan fingerprint density at radius 2 is 0.667 bits per heavy atom. The summed E-state index contributed by atoms with van der Waals surface area (Å²) in [6, 6.07) is 90.7. The molecule has 0 saturated carbocycles. The van der Waals surface area contributed by atoms with Gasteiger partial charge in [0.25, 0.3) is 20.1 Å². The highest BCUT2D eigenvalue weighted by atomic mass is 16.5. The minimum absolute atomic E-state index is 0.160. The van der Waals surface area contributed by atoms with Gasteiger partial charge in [-0.15, -0.1) is 0 Å². The first kappa shape index (κ1) is 61.7. The average Bonchev–Trinajstić information content (AvgIpc) is 1.49. The second kappa shape index (κ2) is 22.3. The minimum atomic E-state index is -0.305. The van der Waals surface area contributed by atoms with Crippen LogP contribution in [0.3, 0.4) is 0 Å². The van der Waals surface area contributed by atoms with Crippen LogP contribution in [0.5, 0.6) is 23.0 Å². The number of aromatic nitrogens is 1. The van der Waals surface area contributed by atoms with Crippen LogP contribution in [-0.4, -0.2) is 24.7 Å². The normalized spacial score (nSPS) is 13.6. The summed E-state index contributed by atoms with van der Waals surface area (Å²) in [5.74, 6) is 3.48. The van der Waals surface area contributed by atoms with Crippen molar-refractivity contribution in [2.75, 3.05) is 14.7 Å². The molecule has 1 aromatic heterocycles. The maximum absolute atomic E-state index is 8.03. The van der Waals surface area contributed by atoms with Crippen molar-refractivity contribution in [1.29, 1.82) is 0 Å². The lowest BCUT2D eigenvalue weighted by Gasteiger charge is -2.46. The molecule has 0 fully saturated rings. The predicted octanol–water partition coefficient (Wildman–Crippen LogP) is 18.9. The zero-order valence-electron chi connectivity index (χ0n) is 61.4. The molecule has 0 atom stereocenters. The van der Waals surface area contributed by atoms with Crippen LogP contribution < -0.4 is 73.3 Å². The first-order valence-electron chi connectivity index (χ1n) is 37.2. The van der Waals surface area contributed by atoms with Crippen LogP contribution in [0.25, 0.3) is 60.9 Å². The van der Waals surface area contributed by atoms with Crippen molar-refractivity contribution in [3.63, 3.8) is 0 Å². The monoisotopic (exact) mass is 1350 g/mol. The Morgan fingerprint density at radius 1 is 0.257 bits per heavy atom. The maximum atomic E-state index is 8.03. The van der Waals surface area contributed by atoms with Gasteiger partial charge in [-0.3, -0.25) is 0 Å². The Bertz CT molecular complexity index is 6340. The number of aryl methyl sites for hydroxylation is 12. The van der Waals surface area contributed by atoms with Crippen LogP contribution in [0.15, 0.2) is 237 Å². The van der Waals surface area contributed by atoms with E-state index in [2.05, 4.69) is 339 Å². The Hall–Kier alpha value is -11.9. The number of fused-ring (bicyclic) bond motifs is 15. The van der Waals surface area contributed by atoms with E-state index in [0.29, 0.717) is 0 Å². The van der Waals surface area contributed by atoms with Gasteiger partial charge < -0.3 is 28.7 Å². The first-order valence-corrected chi connectivity index (χ1v) is 37.2. The van der Waals surface area contributed by atoms with Gasteiger partial charge in [0, 0.05) is 67.9 Å². The fourth-order valence-electron chi connectivity index (χ4n) is 20.5. The number of hydrogen-bond acceptors (Lipinski definition) is 5. The summed E-state index contributed by atoms with van der Waals surface area (Å²) in [6.45, 7) is 26.6. The highest BCUT2D eigenvalue weighted by Crippen LogP contribution is 2.53. The van der Waals surface area contributed by atoms with Gasteiger partial charge in [-0.25, -0.2) is 0 Å². The molecule has 500 valence electrons. The number of rotatable bonds is 6. The van der Waals surface area contributed by atoms with E-state index in [4.69, 9.17) is 9.47 Å². The van der Waals surface area contributed by atoms with E-state index >= 15 is 0 Å². The molecule has 0 N–H and O–H groups in total. The van der Waals surface area contributed by atoms with Crippen LogP contribution >= 0.6 is 0 Å². The number of nitrogens with zero attached hydrogens (tertiary/aromatic N) is 4. The first-order chi connectivity index (χ1) is 51.0. The standard InChI is InChI=1S/C96H75B3N4O2/c1-52-38-60(9)94(61(10)39-52)102-77-50-78-73(48-72(77)97-70-34-17-19-37-84(70)104-86-46-65(44-82(102)92(86)97)89-56(5)26-21-27-57(89)6)99-75-49-74-79(51-85(75)105-87-47-66(90-58(7)28-22-29-59(90)8)45-83(93(87)99)103(78)95-62(11)40-53(2)41-63(95)12)100(67-30-14-13-15-31-67)80-42-64(88-54(3)24-20-25-55(88)4)43-81-91(80)98(74)71-35-23-33-69-68-32-16-18-36-76(68)101(81)96(69)71/h13-51H,1-12H3. The van der Waals surface area contributed by atoms with Gasteiger partial charge in [0.2, 0.25) is 0 Å². The molecule has 0 unspecified atom stereocenters. The Balaban J connectivity index is 0.907. The third kappa shape index (κ3) is 8.64. The van der Waals surface area contributed by atoms with Crippen molar-refractivity contribution in [1.82, 2.24) is 4.57 Å². The number of para-hydroxylation sites is 4. The van der Waals surface area contributed by atoms with Crippen molar-refractivity contribution in [3.05, 3.63) is 303 Å². The number of hydrogen-bond donors (Lipinski definition) is 0. The zero-order valence-corrected chi connectivity index (χ0v) is 61.4. The van der Waals surface area contributed by atoms with Crippen LogP contribution in [0.1, 0.15) is 66.8 Å². The quantitative estimate of drug-likeness (QED) is 0.155. The molecule has 7 heterocycles. The minimum Gasteiger partial charge on any atom is -0.458 e. The Kier molecular flexibility index (Phi) is 13.1. The smallest absolute Gasteiger partial charge is 0.256 e. The van der Waals surface area contributed by atoms with Crippen LogP contribution in [0.2, 0.25) is 0 Å². The Labute approximate surface area is 615 Å². The molecule has 6 aliphatic heterocycles. The van der Waals surface area contributed by atoms with Crippen molar-refractivity contribution in [3.8, 4) is 62.1 Å².